The number of carbonyl (C=O) groups is 3. The van der Waals surface area contributed by atoms with Gasteiger partial charge in [0.25, 0.3) is 5.91 Å². The maximum atomic E-state index is 14.4. The molecule has 212 valence electrons. The normalized spacial score (nSPS) is 15.9. The second-order valence-electron chi connectivity index (χ2n) is 11.6. The van der Waals surface area contributed by atoms with Crippen molar-refractivity contribution in [1.29, 1.82) is 0 Å². The topological polar surface area (TPSA) is 108 Å². The molecule has 3 amide bonds. The highest BCUT2D eigenvalue weighted by atomic mass is 16.6. The summed E-state index contributed by atoms with van der Waals surface area (Å²) < 4.78 is 5.48. The number of hydrogen-bond donors (Lipinski definition) is 3. The van der Waals surface area contributed by atoms with Crippen LogP contribution in [0.4, 0.5) is 10.5 Å². The van der Waals surface area contributed by atoms with Crippen molar-refractivity contribution in [3.63, 3.8) is 0 Å². The summed E-state index contributed by atoms with van der Waals surface area (Å²) in [4.78, 5) is 42.9. The average molecular weight is 538 g/mol. The molecule has 0 aromatic heterocycles. The number of benzene rings is 2. The smallest absolute Gasteiger partial charge is 0.408 e. The molecule has 39 heavy (non-hydrogen) atoms. The molecule has 1 aliphatic rings. The van der Waals surface area contributed by atoms with Gasteiger partial charge in [-0.1, -0.05) is 50.6 Å². The summed E-state index contributed by atoms with van der Waals surface area (Å²) in [5.41, 5.74) is 2.40. The van der Waals surface area contributed by atoms with Crippen molar-refractivity contribution in [2.24, 2.45) is 5.92 Å². The number of para-hydroxylation sites is 1. The summed E-state index contributed by atoms with van der Waals surface area (Å²) in [5, 5.41) is 15.8. The van der Waals surface area contributed by atoms with Gasteiger partial charge in [0.15, 0.2) is 0 Å². The molecule has 1 fully saturated rings. The van der Waals surface area contributed by atoms with E-state index in [0.717, 1.165) is 30.4 Å². The first-order chi connectivity index (χ1) is 18.3. The number of alkyl carbamates (subject to hydrolysis) is 1. The predicted molar refractivity (Wildman–Crippen MR) is 152 cm³/mol. The van der Waals surface area contributed by atoms with E-state index >= 15 is 0 Å². The van der Waals surface area contributed by atoms with Crippen LogP contribution in [-0.4, -0.2) is 45.6 Å². The number of phenolic OH excluding ortho intramolecular Hbond substituents is 1. The number of aromatic hydroxyl groups is 1. The summed E-state index contributed by atoms with van der Waals surface area (Å²) in [7, 11) is 0. The lowest BCUT2D eigenvalue weighted by molar-refractivity contribution is -0.147. The summed E-state index contributed by atoms with van der Waals surface area (Å²) >= 11 is 0. The Kier molecular flexibility index (Phi) is 9.64. The van der Waals surface area contributed by atoms with E-state index in [0.29, 0.717) is 17.7 Å². The molecule has 8 heteroatoms. The summed E-state index contributed by atoms with van der Waals surface area (Å²) in [6, 6.07) is 10.2. The molecule has 3 N–H and O–H groups in total. The Bertz CT molecular complexity index is 1150. The zero-order valence-corrected chi connectivity index (χ0v) is 24.2. The van der Waals surface area contributed by atoms with Crippen molar-refractivity contribution < 1.29 is 24.2 Å². The first kappa shape index (κ1) is 30.0. The van der Waals surface area contributed by atoms with Crippen molar-refractivity contribution in [3.8, 4) is 5.75 Å². The van der Waals surface area contributed by atoms with Crippen LogP contribution in [0.15, 0.2) is 42.5 Å². The van der Waals surface area contributed by atoms with Crippen LogP contribution >= 0.6 is 0 Å². The van der Waals surface area contributed by atoms with Crippen LogP contribution in [0.25, 0.3) is 0 Å². The van der Waals surface area contributed by atoms with E-state index in [4.69, 9.17) is 4.74 Å². The number of amides is 3. The molecule has 0 aliphatic heterocycles. The van der Waals surface area contributed by atoms with Gasteiger partial charge in [-0.25, -0.2) is 4.79 Å². The Morgan fingerprint density at radius 2 is 1.64 bits per heavy atom. The van der Waals surface area contributed by atoms with Crippen molar-refractivity contribution >= 4 is 23.6 Å². The van der Waals surface area contributed by atoms with Crippen molar-refractivity contribution in [1.82, 2.24) is 10.2 Å². The van der Waals surface area contributed by atoms with Crippen molar-refractivity contribution in [2.45, 2.75) is 97.9 Å². The first-order valence-corrected chi connectivity index (χ1v) is 13.8. The molecule has 0 radical (unpaired) electrons. The third-order valence-corrected chi connectivity index (χ3v) is 7.34. The van der Waals surface area contributed by atoms with Crippen LogP contribution in [0.1, 0.15) is 83.0 Å². The molecule has 2 aromatic carbocycles. The molecular weight excluding hydrogens is 494 g/mol. The molecule has 3 unspecified atom stereocenters. The fraction of sp³-hybridized carbons (Fsp3) is 0.516. The fourth-order valence-corrected chi connectivity index (χ4v) is 4.76. The molecule has 0 heterocycles. The van der Waals surface area contributed by atoms with E-state index in [9.17, 15) is 19.5 Å². The molecule has 2 aromatic rings. The van der Waals surface area contributed by atoms with Crippen LogP contribution in [0.2, 0.25) is 0 Å². The van der Waals surface area contributed by atoms with Gasteiger partial charge in [-0.3, -0.25) is 9.59 Å². The Morgan fingerprint density at radius 1 is 1.05 bits per heavy atom. The third-order valence-electron chi connectivity index (χ3n) is 7.34. The van der Waals surface area contributed by atoms with Gasteiger partial charge in [0.2, 0.25) is 5.91 Å². The van der Waals surface area contributed by atoms with E-state index in [-0.39, 0.29) is 29.5 Å². The van der Waals surface area contributed by atoms with Gasteiger partial charge < -0.3 is 25.4 Å². The Labute approximate surface area is 232 Å². The quantitative estimate of drug-likeness (QED) is 0.363. The standard InChI is InChI=1S/C31H43N3O5/c1-8-19(2)26(33-30(38)39-31(5,6)7)29(37)34(23-13-10-14-23)27(22-15-17-24(35)18-16-22)28(36)32-25-20(3)11-9-12-21(25)4/h9,11-12,15-19,23,26-27,35H,8,10,13-14H2,1-7H3,(H,32,36)(H,33,38). The van der Waals surface area contributed by atoms with Gasteiger partial charge in [-0.15, -0.1) is 0 Å². The average Bonchev–Trinajstić information content (AvgIpc) is 2.82. The van der Waals surface area contributed by atoms with E-state index in [1.807, 2.05) is 45.9 Å². The van der Waals surface area contributed by atoms with Gasteiger partial charge in [0, 0.05) is 11.7 Å². The number of anilines is 1. The predicted octanol–water partition coefficient (Wildman–Crippen LogP) is 6.01. The van der Waals surface area contributed by atoms with Crippen LogP contribution in [-0.2, 0) is 14.3 Å². The van der Waals surface area contributed by atoms with Crippen LogP contribution in [0.3, 0.4) is 0 Å². The second kappa shape index (κ2) is 12.5. The highest BCUT2D eigenvalue weighted by Gasteiger charge is 2.43. The highest BCUT2D eigenvalue weighted by Crippen LogP contribution is 2.36. The maximum Gasteiger partial charge on any atom is 0.408 e. The number of phenols is 1. The minimum absolute atomic E-state index is 0.0678. The molecule has 0 bridgehead atoms. The largest absolute Gasteiger partial charge is 0.508 e. The lowest BCUT2D eigenvalue weighted by atomic mass is 9.86. The van der Waals surface area contributed by atoms with E-state index < -0.39 is 23.8 Å². The van der Waals surface area contributed by atoms with Gasteiger partial charge in [-0.2, -0.15) is 0 Å². The third kappa shape index (κ3) is 7.52. The number of carbonyl (C=O) groups excluding carboxylic acids is 3. The number of nitrogens with zero attached hydrogens (tertiary/aromatic N) is 1. The molecule has 1 saturated carbocycles. The number of rotatable bonds is 9. The molecule has 3 atom stereocenters. The lowest BCUT2D eigenvalue weighted by Gasteiger charge is -2.44. The molecule has 3 rings (SSSR count). The fourth-order valence-electron chi connectivity index (χ4n) is 4.76. The second-order valence-corrected chi connectivity index (χ2v) is 11.6. The van der Waals surface area contributed by atoms with E-state index in [1.165, 1.54) is 12.1 Å². The first-order valence-electron chi connectivity index (χ1n) is 13.8. The number of aryl methyl sites for hydroxylation is 2. The minimum Gasteiger partial charge on any atom is -0.508 e. The number of hydrogen-bond acceptors (Lipinski definition) is 5. The van der Waals surface area contributed by atoms with E-state index in [1.54, 1.807) is 37.8 Å². The van der Waals surface area contributed by atoms with E-state index in [2.05, 4.69) is 10.6 Å². The van der Waals surface area contributed by atoms with Crippen LogP contribution in [0, 0.1) is 19.8 Å². The lowest BCUT2D eigenvalue weighted by Crippen LogP contribution is -2.58. The summed E-state index contributed by atoms with van der Waals surface area (Å²) in [5.74, 6) is -0.805. The monoisotopic (exact) mass is 537 g/mol. The highest BCUT2D eigenvalue weighted by molar-refractivity contribution is 6.00. The van der Waals surface area contributed by atoms with Crippen LogP contribution < -0.4 is 10.6 Å². The SMILES string of the molecule is CCC(C)C(NC(=O)OC(C)(C)C)C(=O)N(C1CCC1)C(C(=O)Nc1c(C)cccc1C)c1ccc(O)cc1. The van der Waals surface area contributed by atoms with Crippen molar-refractivity contribution in [2.75, 3.05) is 5.32 Å². The Hall–Kier alpha value is -3.55. The summed E-state index contributed by atoms with van der Waals surface area (Å²) in [6.07, 6.45) is 2.44. The molecule has 1 aliphatic carbocycles. The van der Waals surface area contributed by atoms with Gasteiger partial charge in [0.05, 0.1) is 0 Å². The maximum absolute atomic E-state index is 14.4. The number of ether oxygens (including phenoxy) is 1. The molecule has 0 saturated heterocycles. The molecular formula is C31H43N3O5. The van der Waals surface area contributed by atoms with Crippen molar-refractivity contribution in [3.05, 3.63) is 59.2 Å². The summed E-state index contributed by atoms with van der Waals surface area (Å²) in [6.45, 7) is 13.0. The Balaban J connectivity index is 2.06. The number of nitrogens with one attached hydrogen (secondary N) is 2. The molecule has 0 spiro atoms. The van der Waals surface area contributed by atoms with Gasteiger partial charge >= 0.3 is 6.09 Å². The van der Waals surface area contributed by atoms with Crippen LogP contribution in [0.5, 0.6) is 5.75 Å². The Morgan fingerprint density at radius 3 is 2.13 bits per heavy atom. The zero-order chi connectivity index (χ0) is 28.9. The van der Waals surface area contributed by atoms with Gasteiger partial charge in [-0.05, 0) is 88.6 Å². The minimum atomic E-state index is -0.964. The van der Waals surface area contributed by atoms with Gasteiger partial charge in [0.1, 0.15) is 23.4 Å². The molecule has 8 nitrogen and oxygen atoms in total. The zero-order valence-electron chi connectivity index (χ0n) is 24.2.